The van der Waals surface area contributed by atoms with Crippen LogP contribution in [0.4, 0.5) is 11.4 Å². The van der Waals surface area contributed by atoms with Crippen LogP contribution in [0.1, 0.15) is 31.2 Å². The highest BCUT2D eigenvalue weighted by atomic mass is 16.3. The molecule has 2 atom stereocenters. The van der Waals surface area contributed by atoms with Crippen LogP contribution in [0.5, 0.6) is 0 Å². The third kappa shape index (κ3) is 2.41. The fourth-order valence-corrected chi connectivity index (χ4v) is 2.60. The summed E-state index contributed by atoms with van der Waals surface area (Å²) in [5, 5.41) is 19.0. The van der Waals surface area contributed by atoms with Gasteiger partial charge in [0.1, 0.15) is 6.07 Å². The van der Waals surface area contributed by atoms with Crippen molar-refractivity contribution in [3.05, 3.63) is 23.8 Å². The monoisotopic (exact) mass is 245 g/mol. The van der Waals surface area contributed by atoms with E-state index in [-0.39, 0.29) is 12.1 Å². The van der Waals surface area contributed by atoms with Crippen molar-refractivity contribution >= 4 is 11.4 Å². The fourth-order valence-electron chi connectivity index (χ4n) is 2.60. The first-order valence-electron chi connectivity index (χ1n) is 6.34. The van der Waals surface area contributed by atoms with Crippen LogP contribution in [0.2, 0.25) is 0 Å². The lowest BCUT2D eigenvalue weighted by Crippen LogP contribution is -2.43. The average molecular weight is 245 g/mol. The number of nitriles is 1. The number of hydrogen-bond acceptors (Lipinski definition) is 4. The zero-order chi connectivity index (χ0) is 13.1. The molecule has 0 radical (unpaired) electrons. The zero-order valence-electron chi connectivity index (χ0n) is 10.6. The standard InChI is InChI=1S/C14H19N3O/c1-17(13-4-2-3-5-14(13)18)11-6-7-12(16)10(8-11)9-15/h6-8,13-14,18H,2-5,16H2,1H3. The number of hydrogen-bond donors (Lipinski definition) is 2. The summed E-state index contributed by atoms with van der Waals surface area (Å²) in [5.74, 6) is 0. The summed E-state index contributed by atoms with van der Waals surface area (Å²) in [5.41, 5.74) is 7.64. The summed E-state index contributed by atoms with van der Waals surface area (Å²) in [6, 6.07) is 7.66. The molecule has 1 aliphatic rings. The normalized spacial score (nSPS) is 23.4. The third-order valence-electron chi connectivity index (χ3n) is 3.76. The fraction of sp³-hybridized carbons (Fsp3) is 0.500. The van der Waals surface area contributed by atoms with E-state index in [4.69, 9.17) is 11.0 Å². The molecule has 1 aliphatic carbocycles. The van der Waals surface area contributed by atoms with Crippen LogP contribution in [0, 0.1) is 11.3 Å². The molecule has 0 amide bonds. The molecule has 0 saturated heterocycles. The van der Waals surface area contributed by atoms with Crippen LogP contribution in [0.15, 0.2) is 18.2 Å². The van der Waals surface area contributed by atoms with E-state index in [0.29, 0.717) is 11.3 Å². The minimum absolute atomic E-state index is 0.133. The molecule has 4 nitrogen and oxygen atoms in total. The van der Waals surface area contributed by atoms with E-state index in [2.05, 4.69) is 11.0 Å². The van der Waals surface area contributed by atoms with Gasteiger partial charge in [-0.25, -0.2) is 0 Å². The van der Waals surface area contributed by atoms with E-state index in [1.54, 1.807) is 12.1 Å². The van der Waals surface area contributed by atoms with Crippen molar-refractivity contribution in [3.8, 4) is 6.07 Å². The molecule has 2 rings (SSSR count). The molecule has 1 aromatic rings. The number of likely N-dealkylation sites (N-methyl/N-ethyl adjacent to an activating group) is 1. The molecule has 1 saturated carbocycles. The SMILES string of the molecule is CN(c1ccc(N)c(C#N)c1)C1CCCCC1O. The lowest BCUT2D eigenvalue weighted by Gasteiger charge is -2.36. The van der Waals surface area contributed by atoms with Gasteiger partial charge in [-0.1, -0.05) is 12.8 Å². The number of anilines is 2. The van der Waals surface area contributed by atoms with Gasteiger partial charge in [-0.05, 0) is 31.0 Å². The van der Waals surface area contributed by atoms with E-state index in [0.717, 1.165) is 31.4 Å². The molecule has 1 fully saturated rings. The Labute approximate surface area is 108 Å². The molecular weight excluding hydrogens is 226 g/mol. The first-order chi connectivity index (χ1) is 8.63. The van der Waals surface area contributed by atoms with E-state index in [9.17, 15) is 5.11 Å². The van der Waals surface area contributed by atoms with Crippen molar-refractivity contribution < 1.29 is 5.11 Å². The molecule has 2 unspecified atom stereocenters. The molecule has 0 bridgehead atoms. The number of aliphatic hydroxyl groups is 1. The Morgan fingerprint density at radius 3 is 2.78 bits per heavy atom. The Kier molecular flexibility index (Phi) is 3.73. The van der Waals surface area contributed by atoms with Crippen molar-refractivity contribution in [3.63, 3.8) is 0 Å². The Balaban J connectivity index is 2.22. The van der Waals surface area contributed by atoms with Crippen LogP contribution < -0.4 is 10.6 Å². The highest BCUT2D eigenvalue weighted by Crippen LogP contribution is 2.28. The zero-order valence-corrected chi connectivity index (χ0v) is 10.6. The van der Waals surface area contributed by atoms with Gasteiger partial charge in [-0.3, -0.25) is 0 Å². The highest BCUT2D eigenvalue weighted by molar-refractivity contribution is 5.62. The van der Waals surface area contributed by atoms with Gasteiger partial charge >= 0.3 is 0 Å². The van der Waals surface area contributed by atoms with Crippen molar-refractivity contribution in [1.29, 1.82) is 5.26 Å². The number of aliphatic hydroxyl groups excluding tert-OH is 1. The first kappa shape index (κ1) is 12.7. The lowest BCUT2D eigenvalue weighted by molar-refractivity contribution is 0.106. The van der Waals surface area contributed by atoms with Crippen LogP contribution in [-0.4, -0.2) is 24.3 Å². The number of benzene rings is 1. The second kappa shape index (κ2) is 5.28. The van der Waals surface area contributed by atoms with Crippen molar-refractivity contribution in [1.82, 2.24) is 0 Å². The Hall–Kier alpha value is -1.73. The van der Waals surface area contributed by atoms with Crippen molar-refractivity contribution in [2.24, 2.45) is 0 Å². The van der Waals surface area contributed by atoms with Crippen LogP contribution in [0.3, 0.4) is 0 Å². The number of rotatable bonds is 2. The summed E-state index contributed by atoms with van der Waals surface area (Å²) in [6.45, 7) is 0. The van der Waals surface area contributed by atoms with Gasteiger partial charge in [-0.2, -0.15) is 5.26 Å². The second-order valence-electron chi connectivity index (χ2n) is 4.91. The van der Waals surface area contributed by atoms with Gasteiger partial charge in [0, 0.05) is 18.4 Å². The molecule has 96 valence electrons. The number of nitrogens with zero attached hydrogens (tertiary/aromatic N) is 2. The van der Waals surface area contributed by atoms with Gasteiger partial charge in [0.25, 0.3) is 0 Å². The first-order valence-corrected chi connectivity index (χ1v) is 6.34. The quantitative estimate of drug-likeness (QED) is 0.780. The highest BCUT2D eigenvalue weighted by Gasteiger charge is 2.26. The van der Waals surface area contributed by atoms with E-state index in [1.165, 1.54) is 0 Å². The summed E-state index contributed by atoms with van der Waals surface area (Å²) in [6.07, 6.45) is 3.80. The van der Waals surface area contributed by atoms with Gasteiger partial charge < -0.3 is 15.7 Å². The molecule has 18 heavy (non-hydrogen) atoms. The van der Waals surface area contributed by atoms with E-state index < -0.39 is 0 Å². The maximum atomic E-state index is 10.1. The van der Waals surface area contributed by atoms with Crippen molar-refractivity contribution in [2.45, 2.75) is 37.8 Å². The molecule has 0 aliphatic heterocycles. The maximum Gasteiger partial charge on any atom is 0.101 e. The molecule has 4 heteroatoms. The molecule has 1 aromatic carbocycles. The van der Waals surface area contributed by atoms with E-state index >= 15 is 0 Å². The Morgan fingerprint density at radius 1 is 1.39 bits per heavy atom. The van der Waals surface area contributed by atoms with Crippen molar-refractivity contribution in [2.75, 3.05) is 17.7 Å². The summed E-state index contributed by atoms with van der Waals surface area (Å²) >= 11 is 0. The van der Waals surface area contributed by atoms with Crippen LogP contribution >= 0.6 is 0 Å². The lowest BCUT2D eigenvalue weighted by atomic mass is 9.91. The van der Waals surface area contributed by atoms with Gasteiger partial charge in [0.05, 0.1) is 17.7 Å². The van der Waals surface area contributed by atoms with Gasteiger partial charge in [0.2, 0.25) is 0 Å². The third-order valence-corrected chi connectivity index (χ3v) is 3.76. The predicted molar refractivity (Wildman–Crippen MR) is 72.2 cm³/mol. The van der Waals surface area contributed by atoms with Gasteiger partial charge in [0.15, 0.2) is 0 Å². The number of nitrogens with two attached hydrogens (primary N) is 1. The molecule has 0 aromatic heterocycles. The topological polar surface area (TPSA) is 73.3 Å². The molecule has 3 N–H and O–H groups in total. The predicted octanol–water partition coefficient (Wildman–Crippen LogP) is 1.88. The minimum Gasteiger partial charge on any atom is -0.398 e. The van der Waals surface area contributed by atoms with Gasteiger partial charge in [-0.15, -0.1) is 0 Å². The second-order valence-corrected chi connectivity index (χ2v) is 4.91. The summed E-state index contributed by atoms with van der Waals surface area (Å²) < 4.78 is 0. The largest absolute Gasteiger partial charge is 0.398 e. The summed E-state index contributed by atoms with van der Waals surface area (Å²) in [7, 11) is 1.96. The van der Waals surface area contributed by atoms with Crippen LogP contribution in [-0.2, 0) is 0 Å². The summed E-state index contributed by atoms with van der Waals surface area (Å²) in [4.78, 5) is 2.06. The average Bonchev–Trinajstić information content (AvgIpc) is 2.39. The van der Waals surface area contributed by atoms with E-state index in [1.807, 2.05) is 13.1 Å². The molecule has 0 spiro atoms. The Bertz CT molecular complexity index is 467. The number of nitrogen functional groups attached to an aromatic ring is 1. The minimum atomic E-state index is -0.285. The Morgan fingerprint density at radius 2 is 2.11 bits per heavy atom. The smallest absolute Gasteiger partial charge is 0.101 e. The maximum absolute atomic E-state index is 10.1. The molecular formula is C14H19N3O. The molecule has 0 heterocycles. The van der Waals surface area contributed by atoms with Crippen LogP contribution in [0.25, 0.3) is 0 Å².